The zero-order chi connectivity index (χ0) is 15.4. The molecule has 6 heteroatoms. The van der Waals surface area contributed by atoms with Crippen LogP contribution >= 0.6 is 0 Å². The van der Waals surface area contributed by atoms with E-state index >= 15 is 0 Å². The second-order valence-electron chi connectivity index (χ2n) is 5.56. The van der Waals surface area contributed by atoms with Crippen molar-refractivity contribution in [1.29, 1.82) is 0 Å². The van der Waals surface area contributed by atoms with Gasteiger partial charge in [0.2, 0.25) is 5.91 Å². The summed E-state index contributed by atoms with van der Waals surface area (Å²) in [7, 11) is 0. The number of piperidine rings is 1. The van der Waals surface area contributed by atoms with Crippen LogP contribution in [0.25, 0.3) is 0 Å². The molecule has 1 unspecified atom stereocenters. The van der Waals surface area contributed by atoms with E-state index in [1.165, 1.54) is 13.0 Å². The molecule has 0 aromatic heterocycles. The Kier molecular flexibility index (Phi) is 5.25. The quantitative estimate of drug-likeness (QED) is 0.784. The highest BCUT2D eigenvalue weighted by atomic mass is 19.2. The number of hydrogen-bond acceptors (Lipinski definition) is 3. The SMILES string of the molecule is CC(=O)NCCC1C[C@@H](c2ccc(F)c(F)c2)[C@H](N)CN1. The van der Waals surface area contributed by atoms with Crippen LogP contribution in [0.15, 0.2) is 18.2 Å². The summed E-state index contributed by atoms with van der Waals surface area (Å²) in [4.78, 5) is 10.9. The third kappa shape index (κ3) is 4.22. The number of hydrogen-bond donors (Lipinski definition) is 3. The molecule has 1 heterocycles. The van der Waals surface area contributed by atoms with Gasteiger partial charge in [-0.2, -0.15) is 0 Å². The normalized spacial score (nSPS) is 25.6. The van der Waals surface area contributed by atoms with E-state index in [4.69, 9.17) is 5.73 Å². The van der Waals surface area contributed by atoms with E-state index in [2.05, 4.69) is 10.6 Å². The minimum Gasteiger partial charge on any atom is -0.356 e. The van der Waals surface area contributed by atoms with E-state index in [-0.39, 0.29) is 23.9 Å². The number of carbonyl (C=O) groups is 1. The first-order valence-electron chi connectivity index (χ1n) is 7.15. The Hall–Kier alpha value is -1.53. The minimum absolute atomic E-state index is 0.0105. The highest BCUT2D eigenvalue weighted by Crippen LogP contribution is 2.29. The van der Waals surface area contributed by atoms with Crippen LogP contribution < -0.4 is 16.4 Å². The first-order chi connectivity index (χ1) is 9.97. The van der Waals surface area contributed by atoms with Crippen molar-refractivity contribution in [2.75, 3.05) is 13.1 Å². The van der Waals surface area contributed by atoms with Gasteiger partial charge in [-0.05, 0) is 30.5 Å². The maximum atomic E-state index is 13.4. The Morgan fingerprint density at radius 1 is 1.43 bits per heavy atom. The van der Waals surface area contributed by atoms with E-state index in [0.29, 0.717) is 13.1 Å². The van der Waals surface area contributed by atoms with Crippen LogP contribution in [0.2, 0.25) is 0 Å². The molecular weight excluding hydrogens is 276 g/mol. The van der Waals surface area contributed by atoms with Crippen LogP contribution in [-0.4, -0.2) is 31.1 Å². The van der Waals surface area contributed by atoms with E-state index in [9.17, 15) is 13.6 Å². The monoisotopic (exact) mass is 297 g/mol. The van der Waals surface area contributed by atoms with Gasteiger partial charge in [0.05, 0.1) is 0 Å². The van der Waals surface area contributed by atoms with Crippen LogP contribution in [-0.2, 0) is 4.79 Å². The lowest BCUT2D eigenvalue weighted by atomic mass is 9.82. The third-order valence-corrected chi connectivity index (χ3v) is 3.94. The van der Waals surface area contributed by atoms with E-state index in [0.717, 1.165) is 24.5 Å². The summed E-state index contributed by atoms with van der Waals surface area (Å²) in [6.07, 6.45) is 1.53. The van der Waals surface area contributed by atoms with Gasteiger partial charge >= 0.3 is 0 Å². The standard InChI is InChI=1S/C15H21F2N3O/c1-9(21)19-5-4-11-7-12(15(18)8-20-11)10-2-3-13(16)14(17)6-10/h2-3,6,11-12,15,20H,4-5,7-8,18H2,1H3,(H,19,21)/t11?,12-,15+/m0/s1. The van der Waals surface area contributed by atoms with Gasteiger partial charge in [0.25, 0.3) is 0 Å². The molecule has 2 rings (SSSR count). The highest BCUT2D eigenvalue weighted by molar-refractivity contribution is 5.72. The Bertz CT molecular complexity index is 510. The molecule has 0 spiro atoms. The third-order valence-electron chi connectivity index (χ3n) is 3.94. The van der Waals surface area contributed by atoms with Crippen molar-refractivity contribution < 1.29 is 13.6 Å². The lowest BCUT2D eigenvalue weighted by Gasteiger charge is -2.35. The Labute approximate surface area is 123 Å². The Balaban J connectivity index is 2.00. The number of benzene rings is 1. The molecule has 1 saturated heterocycles. The topological polar surface area (TPSA) is 67.2 Å². The van der Waals surface area contributed by atoms with Gasteiger partial charge < -0.3 is 16.4 Å². The second kappa shape index (κ2) is 6.95. The first kappa shape index (κ1) is 15.9. The van der Waals surface area contributed by atoms with Crippen LogP contribution in [0, 0.1) is 11.6 Å². The highest BCUT2D eigenvalue weighted by Gasteiger charge is 2.29. The summed E-state index contributed by atoms with van der Waals surface area (Å²) in [5, 5.41) is 6.08. The smallest absolute Gasteiger partial charge is 0.216 e. The lowest BCUT2D eigenvalue weighted by molar-refractivity contribution is -0.118. The zero-order valence-electron chi connectivity index (χ0n) is 12.0. The summed E-state index contributed by atoms with van der Waals surface area (Å²) < 4.78 is 26.4. The fraction of sp³-hybridized carbons (Fsp3) is 0.533. The molecule has 0 radical (unpaired) electrons. The average molecular weight is 297 g/mol. The first-order valence-corrected chi connectivity index (χ1v) is 7.15. The fourth-order valence-corrected chi connectivity index (χ4v) is 2.78. The van der Waals surface area contributed by atoms with Crippen molar-refractivity contribution in [3.05, 3.63) is 35.4 Å². The van der Waals surface area contributed by atoms with Crippen molar-refractivity contribution in [3.63, 3.8) is 0 Å². The van der Waals surface area contributed by atoms with E-state index in [1.54, 1.807) is 6.07 Å². The van der Waals surface area contributed by atoms with E-state index < -0.39 is 11.6 Å². The molecule has 1 aliphatic heterocycles. The molecule has 0 saturated carbocycles. The fourth-order valence-electron chi connectivity index (χ4n) is 2.78. The van der Waals surface area contributed by atoms with Gasteiger partial charge in [0.1, 0.15) is 0 Å². The number of halogens is 2. The molecule has 21 heavy (non-hydrogen) atoms. The van der Waals surface area contributed by atoms with Gasteiger partial charge in [-0.15, -0.1) is 0 Å². The van der Waals surface area contributed by atoms with Gasteiger partial charge in [-0.1, -0.05) is 6.07 Å². The summed E-state index contributed by atoms with van der Waals surface area (Å²) >= 11 is 0. The largest absolute Gasteiger partial charge is 0.356 e. The molecule has 1 aromatic carbocycles. The van der Waals surface area contributed by atoms with Crippen molar-refractivity contribution in [2.24, 2.45) is 5.73 Å². The minimum atomic E-state index is -0.844. The second-order valence-corrected chi connectivity index (χ2v) is 5.56. The Morgan fingerprint density at radius 3 is 2.86 bits per heavy atom. The van der Waals surface area contributed by atoms with Crippen molar-refractivity contribution >= 4 is 5.91 Å². The molecule has 4 nitrogen and oxygen atoms in total. The van der Waals surface area contributed by atoms with Crippen molar-refractivity contribution in [3.8, 4) is 0 Å². The summed E-state index contributed by atoms with van der Waals surface area (Å²) in [6, 6.07) is 4.04. The molecule has 4 N–H and O–H groups in total. The molecule has 1 aromatic rings. The lowest BCUT2D eigenvalue weighted by Crippen LogP contribution is -2.50. The molecule has 1 amide bonds. The van der Waals surface area contributed by atoms with Crippen molar-refractivity contribution in [2.45, 2.75) is 37.8 Å². The van der Waals surface area contributed by atoms with Crippen LogP contribution in [0.3, 0.4) is 0 Å². The summed E-state index contributed by atoms with van der Waals surface area (Å²) in [6.45, 7) is 2.69. The number of nitrogens with one attached hydrogen (secondary N) is 2. The maximum Gasteiger partial charge on any atom is 0.216 e. The number of carbonyl (C=O) groups excluding carboxylic acids is 1. The van der Waals surface area contributed by atoms with Gasteiger partial charge in [0, 0.05) is 38.0 Å². The molecular formula is C15H21F2N3O. The molecule has 116 valence electrons. The predicted octanol–water partition coefficient (Wildman–Crippen LogP) is 1.26. The molecule has 1 fully saturated rings. The number of rotatable bonds is 4. The predicted molar refractivity (Wildman–Crippen MR) is 76.8 cm³/mol. The summed E-state index contributed by atoms with van der Waals surface area (Å²) in [5.74, 6) is -1.75. The van der Waals surface area contributed by atoms with Crippen molar-refractivity contribution in [1.82, 2.24) is 10.6 Å². The van der Waals surface area contributed by atoms with Crippen LogP contribution in [0.4, 0.5) is 8.78 Å². The number of amides is 1. The zero-order valence-corrected chi connectivity index (χ0v) is 12.0. The molecule has 1 aliphatic rings. The Morgan fingerprint density at radius 2 is 2.19 bits per heavy atom. The van der Waals surface area contributed by atoms with Gasteiger partial charge in [0.15, 0.2) is 11.6 Å². The van der Waals surface area contributed by atoms with Gasteiger partial charge in [-0.3, -0.25) is 4.79 Å². The molecule has 0 bridgehead atoms. The summed E-state index contributed by atoms with van der Waals surface area (Å²) in [5.41, 5.74) is 6.82. The molecule has 0 aliphatic carbocycles. The number of nitrogens with two attached hydrogens (primary N) is 1. The average Bonchev–Trinajstić information content (AvgIpc) is 2.43. The van der Waals surface area contributed by atoms with Gasteiger partial charge in [-0.25, -0.2) is 8.78 Å². The van der Waals surface area contributed by atoms with E-state index in [1.807, 2.05) is 0 Å². The molecule has 3 atom stereocenters. The maximum absolute atomic E-state index is 13.4. The van der Waals surface area contributed by atoms with Crippen LogP contribution in [0.1, 0.15) is 31.2 Å². The van der Waals surface area contributed by atoms with Crippen LogP contribution in [0.5, 0.6) is 0 Å².